The first-order valence-corrected chi connectivity index (χ1v) is 5.48. The quantitative estimate of drug-likeness (QED) is 0.706. The predicted octanol–water partition coefficient (Wildman–Crippen LogP) is 0.171. The molecule has 0 saturated carbocycles. The van der Waals surface area contributed by atoms with Crippen LogP contribution in [-0.2, 0) is 0 Å². The van der Waals surface area contributed by atoms with Crippen LogP contribution in [0.3, 0.4) is 0 Å². The Kier molecular flexibility index (Phi) is 4.13. The largest absolute Gasteiger partial charge is 0.366 e. The van der Waals surface area contributed by atoms with E-state index in [0.29, 0.717) is 0 Å². The highest BCUT2D eigenvalue weighted by atomic mass is 32.1. The molecule has 0 saturated heterocycles. The van der Waals surface area contributed by atoms with Crippen LogP contribution in [0.1, 0.15) is 20.0 Å². The van der Waals surface area contributed by atoms with Crippen LogP contribution < -0.4 is 16.8 Å². The van der Waals surface area contributed by atoms with E-state index in [0.717, 1.165) is 11.3 Å². The number of halogens is 2. The Morgan fingerprint density at radius 2 is 2.12 bits per heavy atom. The lowest BCUT2D eigenvalue weighted by atomic mass is 10.3. The Balaban J connectivity index is 2.61. The van der Waals surface area contributed by atoms with Gasteiger partial charge in [0.25, 0.3) is 11.8 Å². The highest BCUT2D eigenvalue weighted by Gasteiger charge is 2.27. The summed E-state index contributed by atoms with van der Waals surface area (Å²) in [6.45, 7) is -1.68. The monoisotopic (exact) mass is 263 g/mol. The topological polar surface area (TPSA) is 98.2 Å². The molecule has 0 spiro atoms. The second-order valence-corrected chi connectivity index (χ2v) is 4.22. The zero-order chi connectivity index (χ0) is 13.1. The van der Waals surface area contributed by atoms with Gasteiger partial charge in [-0.05, 0) is 6.07 Å². The number of rotatable bonds is 5. The first-order valence-electron chi connectivity index (χ1n) is 4.60. The van der Waals surface area contributed by atoms with Gasteiger partial charge in [-0.25, -0.2) is 8.78 Å². The molecular formula is C9H11F2N3O2S. The standard InChI is InChI=1S/C9H11F2N3O2S/c10-9(11,3-12)4-14-8(16)6-1-5(2-17-6)7(13)15/h1-2H,3-4,12H2,(H2,13,15)(H,14,16). The minimum absolute atomic E-state index is 0.145. The van der Waals surface area contributed by atoms with Crippen molar-refractivity contribution in [3.8, 4) is 0 Å². The number of hydrogen-bond donors (Lipinski definition) is 3. The zero-order valence-corrected chi connectivity index (χ0v) is 9.52. The third-order valence-electron chi connectivity index (χ3n) is 1.91. The van der Waals surface area contributed by atoms with E-state index in [1.54, 1.807) is 0 Å². The molecule has 5 nitrogen and oxygen atoms in total. The minimum atomic E-state index is -3.14. The minimum Gasteiger partial charge on any atom is -0.366 e. The first-order chi connectivity index (χ1) is 7.85. The molecule has 5 N–H and O–H groups in total. The van der Waals surface area contributed by atoms with E-state index in [4.69, 9.17) is 11.5 Å². The van der Waals surface area contributed by atoms with Crippen LogP contribution >= 0.6 is 11.3 Å². The molecule has 0 unspecified atom stereocenters. The Labute approximate surface area is 99.8 Å². The van der Waals surface area contributed by atoms with Crippen molar-refractivity contribution in [2.45, 2.75) is 5.92 Å². The van der Waals surface area contributed by atoms with Gasteiger partial charge in [0, 0.05) is 5.38 Å². The smallest absolute Gasteiger partial charge is 0.277 e. The number of nitrogens with one attached hydrogen (secondary N) is 1. The third-order valence-corrected chi connectivity index (χ3v) is 2.84. The van der Waals surface area contributed by atoms with Gasteiger partial charge in [-0.2, -0.15) is 0 Å². The number of carbonyl (C=O) groups is 2. The van der Waals surface area contributed by atoms with Gasteiger partial charge in [0.2, 0.25) is 5.91 Å². The van der Waals surface area contributed by atoms with Crippen LogP contribution in [0.2, 0.25) is 0 Å². The molecule has 17 heavy (non-hydrogen) atoms. The molecule has 1 aromatic heterocycles. The maximum absolute atomic E-state index is 12.8. The van der Waals surface area contributed by atoms with E-state index in [-0.39, 0.29) is 10.4 Å². The average Bonchev–Trinajstić information content (AvgIpc) is 2.75. The van der Waals surface area contributed by atoms with Crippen molar-refractivity contribution in [3.63, 3.8) is 0 Å². The van der Waals surface area contributed by atoms with E-state index in [9.17, 15) is 18.4 Å². The van der Waals surface area contributed by atoms with Crippen molar-refractivity contribution >= 4 is 23.2 Å². The molecule has 1 heterocycles. The highest BCUT2D eigenvalue weighted by Crippen LogP contribution is 2.15. The molecule has 1 rings (SSSR count). The predicted molar refractivity (Wildman–Crippen MR) is 59.2 cm³/mol. The van der Waals surface area contributed by atoms with Gasteiger partial charge in [0.1, 0.15) is 0 Å². The molecule has 0 aliphatic carbocycles. The van der Waals surface area contributed by atoms with E-state index < -0.39 is 30.8 Å². The molecule has 1 aromatic rings. The van der Waals surface area contributed by atoms with Crippen molar-refractivity contribution in [1.82, 2.24) is 5.32 Å². The van der Waals surface area contributed by atoms with Crippen molar-refractivity contribution in [2.24, 2.45) is 11.5 Å². The highest BCUT2D eigenvalue weighted by molar-refractivity contribution is 7.12. The van der Waals surface area contributed by atoms with Crippen LogP contribution in [0.15, 0.2) is 11.4 Å². The zero-order valence-electron chi connectivity index (χ0n) is 8.70. The summed E-state index contributed by atoms with van der Waals surface area (Å²) in [5, 5.41) is 3.42. The van der Waals surface area contributed by atoms with Crippen molar-refractivity contribution in [2.75, 3.05) is 13.1 Å². The lowest BCUT2D eigenvalue weighted by molar-refractivity contribution is 0.0119. The molecule has 2 amide bonds. The number of hydrogen-bond acceptors (Lipinski definition) is 4. The molecule has 0 aliphatic rings. The van der Waals surface area contributed by atoms with Crippen molar-refractivity contribution < 1.29 is 18.4 Å². The Bertz CT molecular complexity index is 434. The maximum atomic E-state index is 12.8. The maximum Gasteiger partial charge on any atom is 0.277 e. The number of nitrogens with two attached hydrogens (primary N) is 2. The van der Waals surface area contributed by atoms with Crippen LogP contribution in [0.5, 0.6) is 0 Å². The molecular weight excluding hydrogens is 252 g/mol. The van der Waals surface area contributed by atoms with Crippen LogP contribution in [0.4, 0.5) is 8.78 Å². The van der Waals surface area contributed by atoms with E-state index in [2.05, 4.69) is 0 Å². The number of primary amides is 1. The molecule has 0 aliphatic heterocycles. The first kappa shape index (κ1) is 13.5. The van der Waals surface area contributed by atoms with Gasteiger partial charge in [-0.3, -0.25) is 9.59 Å². The lowest BCUT2D eigenvalue weighted by Crippen LogP contribution is -2.41. The number of carbonyl (C=O) groups excluding carboxylic acids is 2. The fraction of sp³-hybridized carbons (Fsp3) is 0.333. The van der Waals surface area contributed by atoms with Crippen molar-refractivity contribution in [3.05, 3.63) is 21.9 Å². The van der Waals surface area contributed by atoms with Crippen LogP contribution in [0.25, 0.3) is 0 Å². The van der Waals surface area contributed by atoms with Gasteiger partial charge in [0.05, 0.1) is 23.5 Å². The summed E-state index contributed by atoms with van der Waals surface area (Å²) in [7, 11) is 0. The molecule has 0 bridgehead atoms. The van der Waals surface area contributed by atoms with Gasteiger partial charge >= 0.3 is 0 Å². The fourth-order valence-electron chi connectivity index (χ4n) is 0.953. The normalized spacial score (nSPS) is 11.2. The van der Waals surface area contributed by atoms with E-state index in [1.807, 2.05) is 5.32 Å². The van der Waals surface area contributed by atoms with Crippen LogP contribution in [-0.4, -0.2) is 30.8 Å². The van der Waals surface area contributed by atoms with E-state index >= 15 is 0 Å². The summed E-state index contributed by atoms with van der Waals surface area (Å²) in [4.78, 5) is 22.3. The second-order valence-electron chi connectivity index (χ2n) is 3.31. The summed E-state index contributed by atoms with van der Waals surface area (Å²) in [6, 6.07) is 1.25. The molecule has 0 aromatic carbocycles. The fourth-order valence-corrected chi connectivity index (χ4v) is 1.77. The SMILES string of the molecule is NCC(F)(F)CNC(=O)c1cc(C(N)=O)cs1. The summed E-state index contributed by atoms with van der Waals surface area (Å²) < 4.78 is 25.5. The molecule has 0 radical (unpaired) electrons. The molecule has 94 valence electrons. The lowest BCUT2D eigenvalue weighted by Gasteiger charge is -2.13. The van der Waals surface area contributed by atoms with Gasteiger partial charge < -0.3 is 16.8 Å². The Morgan fingerprint density at radius 3 is 2.59 bits per heavy atom. The summed E-state index contributed by atoms with van der Waals surface area (Å²) >= 11 is 0.955. The van der Waals surface area contributed by atoms with Gasteiger partial charge in [-0.15, -0.1) is 11.3 Å². The van der Waals surface area contributed by atoms with Gasteiger partial charge in [-0.1, -0.05) is 0 Å². The summed E-state index contributed by atoms with van der Waals surface area (Å²) in [6.07, 6.45) is 0. The summed E-state index contributed by atoms with van der Waals surface area (Å²) in [5.41, 5.74) is 9.98. The van der Waals surface area contributed by atoms with E-state index in [1.165, 1.54) is 11.4 Å². The Morgan fingerprint density at radius 1 is 1.47 bits per heavy atom. The summed E-state index contributed by atoms with van der Waals surface area (Å²) in [5.74, 6) is -4.50. The number of amides is 2. The second kappa shape index (κ2) is 5.19. The van der Waals surface area contributed by atoms with Gasteiger partial charge in [0.15, 0.2) is 0 Å². The molecule has 8 heteroatoms. The number of alkyl halides is 2. The number of thiophene rings is 1. The van der Waals surface area contributed by atoms with Crippen LogP contribution in [0, 0.1) is 0 Å². The third kappa shape index (κ3) is 3.75. The average molecular weight is 263 g/mol. The Hall–Kier alpha value is -1.54. The molecule has 0 fully saturated rings. The molecule has 0 atom stereocenters. The van der Waals surface area contributed by atoms with Crippen molar-refractivity contribution in [1.29, 1.82) is 0 Å².